The average molecular weight is 436 g/mol. The van der Waals surface area contributed by atoms with E-state index in [1.807, 2.05) is 6.92 Å². The highest BCUT2D eigenvalue weighted by atomic mass is 32.2. The molecular weight excluding hydrogens is 402 g/mol. The van der Waals surface area contributed by atoms with Gasteiger partial charge < -0.3 is 10.4 Å². The largest absolute Gasteiger partial charge is 0.390 e. The zero-order valence-corrected chi connectivity index (χ0v) is 18.5. The number of carbonyl (C=O) groups excluding carboxylic acids is 1. The monoisotopic (exact) mass is 435 g/mol. The van der Waals surface area contributed by atoms with Crippen molar-refractivity contribution in [2.45, 2.75) is 50.8 Å². The molecule has 166 valence electrons. The Morgan fingerprint density at radius 3 is 2.50 bits per heavy atom. The maximum Gasteiger partial charge on any atom is 0.234 e. The molecule has 0 saturated carbocycles. The molecule has 4 rings (SSSR count). The first-order valence-corrected chi connectivity index (χ1v) is 12.9. The van der Waals surface area contributed by atoms with Crippen LogP contribution >= 0.6 is 0 Å². The number of aliphatic hydroxyl groups excluding tert-OH is 1. The lowest BCUT2D eigenvalue weighted by Crippen LogP contribution is -2.55. The van der Waals surface area contributed by atoms with Gasteiger partial charge in [-0.2, -0.15) is 0 Å². The predicted octanol–water partition coefficient (Wildman–Crippen LogP) is 0.518. The lowest BCUT2D eigenvalue weighted by molar-refractivity contribution is -0.123. The summed E-state index contributed by atoms with van der Waals surface area (Å²) in [5.74, 6) is -0.0921. The standard InChI is InChI=1S/C22H33N3O4S/c1-16(18-7-6-17-4-2-3-5-19(17)12-18)23-22(27)13-24-8-10-25(11-9-24)20-14-30(28,29)15-21(20)26/h6-7,12,16,20-21,26H,2-5,8-11,13-15H2,1H3,(H,23,27)/t16-,20-,21+/m0/s1. The molecule has 0 unspecified atom stereocenters. The van der Waals surface area contributed by atoms with Crippen molar-refractivity contribution in [3.63, 3.8) is 0 Å². The van der Waals surface area contributed by atoms with Gasteiger partial charge in [-0.25, -0.2) is 8.42 Å². The van der Waals surface area contributed by atoms with Gasteiger partial charge in [0.25, 0.3) is 0 Å². The molecule has 0 radical (unpaired) electrons. The van der Waals surface area contributed by atoms with E-state index in [0.29, 0.717) is 32.7 Å². The van der Waals surface area contributed by atoms with Gasteiger partial charge in [-0.15, -0.1) is 0 Å². The van der Waals surface area contributed by atoms with E-state index in [9.17, 15) is 18.3 Å². The molecule has 0 aromatic heterocycles. The van der Waals surface area contributed by atoms with Crippen LogP contribution in [-0.4, -0.2) is 85.6 Å². The fraction of sp³-hybridized carbons (Fsp3) is 0.682. The Balaban J connectivity index is 1.25. The maximum absolute atomic E-state index is 12.6. The summed E-state index contributed by atoms with van der Waals surface area (Å²) in [5.41, 5.74) is 4.03. The Labute approximate surface area is 179 Å². The second kappa shape index (κ2) is 8.94. The molecule has 1 aromatic rings. The molecule has 2 aliphatic heterocycles. The molecule has 1 aromatic carbocycles. The quantitative estimate of drug-likeness (QED) is 0.701. The lowest BCUT2D eigenvalue weighted by atomic mass is 9.89. The number of benzene rings is 1. The molecule has 2 fully saturated rings. The minimum atomic E-state index is -3.14. The van der Waals surface area contributed by atoms with Gasteiger partial charge in [0.05, 0.1) is 36.2 Å². The van der Waals surface area contributed by atoms with E-state index in [-0.39, 0.29) is 29.5 Å². The third-order valence-corrected chi connectivity index (χ3v) is 8.49. The number of nitrogens with zero attached hydrogens (tertiary/aromatic N) is 2. The maximum atomic E-state index is 12.6. The zero-order valence-electron chi connectivity index (χ0n) is 17.7. The molecule has 0 bridgehead atoms. The van der Waals surface area contributed by atoms with Crippen LogP contribution in [0.15, 0.2) is 18.2 Å². The highest BCUT2D eigenvalue weighted by molar-refractivity contribution is 7.91. The van der Waals surface area contributed by atoms with Gasteiger partial charge in [-0.05, 0) is 49.3 Å². The van der Waals surface area contributed by atoms with Crippen LogP contribution in [0.5, 0.6) is 0 Å². The van der Waals surface area contributed by atoms with E-state index < -0.39 is 15.9 Å². The smallest absolute Gasteiger partial charge is 0.234 e. The molecule has 2 N–H and O–H groups in total. The SMILES string of the molecule is C[C@H](NC(=O)CN1CCN([C@H]2CS(=O)(=O)C[C@H]2O)CC1)c1ccc2c(c1)CCCC2. The summed E-state index contributed by atoms with van der Waals surface area (Å²) < 4.78 is 23.5. The number of fused-ring (bicyclic) bond motifs is 1. The summed E-state index contributed by atoms with van der Waals surface area (Å²) in [6.45, 7) is 5.11. The van der Waals surface area contributed by atoms with Crippen LogP contribution in [0.4, 0.5) is 0 Å². The molecule has 30 heavy (non-hydrogen) atoms. The molecule has 1 aliphatic carbocycles. The Morgan fingerprint density at radius 1 is 1.13 bits per heavy atom. The van der Waals surface area contributed by atoms with Crippen molar-refractivity contribution in [2.75, 3.05) is 44.2 Å². The normalized spacial score (nSPS) is 28.1. The second-order valence-corrected chi connectivity index (χ2v) is 11.2. The van der Waals surface area contributed by atoms with E-state index in [0.717, 1.165) is 18.4 Å². The number of carbonyl (C=O) groups is 1. The van der Waals surface area contributed by atoms with Crippen LogP contribution in [0.2, 0.25) is 0 Å². The number of hydrogen-bond donors (Lipinski definition) is 2. The summed E-state index contributed by atoms with van der Waals surface area (Å²) in [4.78, 5) is 16.7. The van der Waals surface area contributed by atoms with Crippen molar-refractivity contribution in [3.05, 3.63) is 34.9 Å². The van der Waals surface area contributed by atoms with Crippen LogP contribution in [0.25, 0.3) is 0 Å². The number of hydrogen-bond acceptors (Lipinski definition) is 6. The average Bonchev–Trinajstić information content (AvgIpc) is 3.00. The summed E-state index contributed by atoms with van der Waals surface area (Å²) in [7, 11) is -3.14. The van der Waals surface area contributed by atoms with Crippen molar-refractivity contribution in [2.24, 2.45) is 0 Å². The zero-order chi connectivity index (χ0) is 21.3. The van der Waals surface area contributed by atoms with Gasteiger partial charge in [0.15, 0.2) is 9.84 Å². The molecule has 8 heteroatoms. The topological polar surface area (TPSA) is 90.0 Å². The van der Waals surface area contributed by atoms with Gasteiger partial charge in [0.2, 0.25) is 5.91 Å². The molecule has 3 aliphatic rings. The van der Waals surface area contributed by atoms with Gasteiger partial charge in [-0.1, -0.05) is 18.2 Å². The molecule has 0 spiro atoms. The Morgan fingerprint density at radius 2 is 1.83 bits per heavy atom. The van der Waals surface area contributed by atoms with Crippen LogP contribution in [0.3, 0.4) is 0 Å². The molecule has 2 saturated heterocycles. The predicted molar refractivity (Wildman–Crippen MR) is 116 cm³/mol. The third kappa shape index (κ3) is 5.04. The Bertz CT molecular complexity index is 880. The fourth-order valence-electron chi connectivity index (χ4n) is 5.01. The van der Waals surface area contributed by atoms with Crippen LogP contribution in [0, 0.1) is 0 Å². The highest BCUT2D eigenvalue weighted by Crippen LogP contribution is 2.25. The van der Waals surface area contributed by atoms with E-state index in [1.165, 1.54) is 24.0 Å². The minimum absolute atomic E-state index is 0.0112. The van der Waals surface area contributed by atoms with Crippen molar-refractivity contribution < 1.29 is 18.3 Å². The van der Waals surface area contributed by atoms with E-state index in [4.69, 9.17) is 0 Å². The first-order valence-electron chi connectivity index (χ1n) is 11.1. The van der Waals surface area contributed by atoms with Crippen molar-refractivity contribution in [1.29, 1.82) is 0 Å². The Hall–Kier alpha value is -1.48. The number of amides is 1. The van der Waals surface area contributed by atoms with E-state index in [1.54, 1.807) is 0 Å². The first kappa shape index (κ1) is 21.7. The number of sulfone groups is 1. The number of aryl methyl sites for hydroxylation is 2. The summed E-state index contributed by atoms with van der Waals surface area (Å²) >= 11 is 0. The first-order chi connectivity index (χ1) is 14.3. The van der Waals surface area contributed by atoms with Crippen LogP contribution < -0.4 is 5.32 Å². The fourth-order valence-corrected chi connectivity index (χ4v) is 6.84. The van der Waals surface area contributed by atoms with Crippen molar-refractivity contribution >= 4 is 15.7 Å². The molecular formula is C22H33N3O4S. The van der Waals surface area contributed by atoms with Crippen molar-refractivity contribution in [1.82, 2.24) is 15.1 Å². The number of nitrogens with one attached hydrogen (secondary N) is 1. The molecule has 2 heterocycles. The summed E-state index contributed by atoms with van der Waals surface area (Å²) in [6.07, 6.45) is 3.99. The second-order valence-electron chi connectivity index (χ2n) is 9.05. The number of rotatable bonds is 5. The number of piperazine rings is 1. The van der Waals surface area contributed by atoms with Gasteiger partial charge in [-0.3, -0.25) is 14.6 Å². The summed E-state index contributed by atoms with van der Waals surface area (Å²) in [6, 6.07) is 6.26. The highest BCUT2D eigenvalue weighted by Gasteiger charge is 2.40. The van der Waals surface area contributed by atoms with Gasteiger partial charge >= 0.3 is 0 Å². The lowest BCUT2D eigenvalue weighted by Gasteiger charge is -2.38. The molecule has 7 nitrogen and oxygen atoms in total. The Kier molecular flexibility index (Phi) is 6.48. The molecule has 1 amide bonds. The van der Waals surface area contributed by atoms with E-state index in [2.05, 4.69) is 33.3 Å². The van der Waals surface area contributed by atoms with Gasteiger partial charge in [0.1, 0.15) is 0 Å². The third-order valence-electron chi connectivity index (χ3n) is 6.79. The van der Waals surface area contributed by atoms with Crippen LogP contribution in [0.1, 0.15) is 42.5 Å². The minimum Gasteiger partial charge on any atom is -0.390 e. The summed E-state index contributed by atoms with van der Waals surface area (Å²) in [5, 5.41) is 13.2. The van der Waals surface area contributed by atoms with E-state index >= 15 is 0 Å². The number of aliphatic hydroxyl groups is 1. The van der Waals surface area contributed by atoms with Gasteiger partial charge in [0, 0.05) is 26.2 Å². The van der Waals surface area contributed by atoms with Crippen LogP contribution in [-0.2, 0) is 27.5 Å². The van der Waals surface area contributed by atoms with Crippen molar-refractivity contribution in [3.8, 4) is 0 Å². The molecule has 3 atom stereocenters.